The molecule has 0 heterocycles. The SMILES string of the molecule is O=C(O)C=Cc1ccc(NC(=O)C2CC2)cc1F. The van der Waals surface area contributed by atoms with E-state index in [9.17, 15) is 14.0 Å². The lowest BCUT2D eigenvalue weighted by Gasteiger charge is -2.05. The number of aliphatic carboxylic acids is 1. The zero-order valence-corrected chi connectivity index (χ0v) is 9.52. The van der Waals surface area contributed by atoms with Gasteiger partial charge in [-0.1, -0.05) is 0 Å². The van der Waals surface area contributed by atoms with Crippen molar-refractivity contribution in [3.05, 3.63) is 35.7 Å². The number of amides is 1. The number of hydrogen-bond acceptors (Lipinski definition) is 2. The molecule has 0 unspecified atom stereocenters. The van der Waals surface area contributed by atoms with Crippen molar-refractivity contribution in [1.29, 1.82) is 0 Å². The van der Waals surface area contributed by atoms with Crippen molar-refractivity contribution in [2.75, 3.05) is 5.32 Å². The first-order chi connectivity index (χ1) is 8.56. The average molecular weight is 249 g/mol. The third-order valence-electron chi connectivity index (χ3n) is 2.62. The number of nitrogens with one attached hydrogen (secondary N) is 1. The number of hydrogen-bond donors (Lipinski definition) is 2. The summed E-state index contributed by atoms with van der Waals surface area (Å²) in [7, 11) is 0. The van der Waals surface area contributed by atoms with Crippen molar-refractivity contribution >= 4 is 23.6 Å². The Morgan fingerprint density at radius 1 is 1.39 bits per heavy atom. The minimum Gasteiger partial charge on any atom is -0.478 e. The molecule has 1 aliphatic rings. The Morgan fingerprint density at radius 2 is 2.11 bits per heavy atom. The summed E-state index contributed by atoms with van der Waals surface area (Å²) >= 11 is 0. The number of carbonyl (C=O) groups is 2. The van der Waals surface area contributed by atoms with Crippen LogP contribution in [-0.2, 0) is 9.59 Å². The van der Waals surface area contributed by atoms with E-state index in [1.807, 2.05) is 0 Å². The average Bonchev–Trinajstić information content (AvgIpc) is 3.11. The van der Waals surface area contributed by atoms with E-state index in [0.29, 0.717) is 5.69 Å². The maximum atomic E-state index is 13.6. The summed E-state index contributed by atoms with van der Waals surface area (Å²) in [6, 6.07) is 4.16. The third kappa shape index (κ3) is 3.16. The monoisotopic (exact) mass is 249 g/mol. The van der Waals surface area contributed by atoms with Gasteiger partial charge in [0.1, 0.15) is 5.82 Å². The van der Waals surface area contributed by atoms with Gasteiger partial charge in [-0.15, -0.1) is 0 Å². The van der Waals surface area contributed by atoms with E-state index in [1.165, 1.54) is 18.2 Å². The van der Waals surface area contributed by atoms with Crippen LogP contribution in [0, 0.1) is 11.7 Å². The lowest BCUT2D eigenvalue weighted by molar-refractivity contribution is -0.131. The van der Waals surface area contributed by atoms with Gasteiger partial charge in [-0.3, -0.25) is 4.79 Å². The molecule has 1 aromatic carbocycles. The summed E-state index contributed by atoms with van der Waals surface area (Å²) in [6.07, 6.45) is 3.80. The molecule has 1 aliphatic carbocycles. The van der Waals surface area contributed by atoms with Crippen molar-refractivity contribution < 1.29 is 19.1 Å². The van der Waals surface area contributed by atoms with E-state index >= 15 is 0 Å². The number of halogens is 1. The molecular weight excluding hydrogens is 237 g/mol. The number of carboxylic acids is 1. The Morgan fingerprint density at radius 3 is 2.67 bits per heavy atom. The van der Waals surface area contributed by atoms with Gasteiger partial charge in [-0.05, 0) is 37.1 Å². The van der Waals surface area contributed by atoms with E-state index in [4.69, 9.17) is 5.11 Å². The first-order valence-electron chi connectivity index (χ1n) is 5.57. The Labute approximate surface area is 103 Å². The van der Waals surface area contributed by atoms with Gasteiger partial charge in [0.15, 0.2) is 0 Å². The van der Waals surface area contributed by atoms with E-state index in [1.54, 1.807) is 6.07 Å². The molecule has 18 heavy (non-hydrogen) atoms. The van der Waals surface area contributed by atoms with Crippen LogP contribution in [-0.4, -0.2) is 17.0 Å². The quantitative estimate of drug-likeness (QED) is 0.804. The minimum atomic E-state index is -1.14. The van der Waals surface area contributed by atoms with Crippen LogP contribution in [0.25, 0.3) is 6.08 Å². The highest BCUT2D eigenvalue weighted by Gasteiger charge is 2.29. The zero-order chi connectivity index (χ0) is 13.1. The predicted octanol–water partition coefficient (Wildman–Crippen LogP) is 2.27. The first kappa shape index (κ1) is 12.3. The molecule has 0 saturated heterocycles. The van der Waals surface area contributed by atoms with Crippen LogP contribution in [0.4, 0.5) is 10.1 Å². The molecule has 0 bridgehead atoms. The van der Waals surface area contributed by atoms with Crippen molar-refractivity contribution in [2.45, 2.75) is 12.8 Å². The van der Waals surface area contributed by atoms with Crippen LogP contribution < -0.4 is 5.32 Å². The Kier molecular flexibility index (Phi) is 3.41. The highest BCUT2D eigenvalue weighted by molar-refractivity contribution is 5.94. The van der Waals surface area contributed by atoms with Gasteiger partial charge >= 0.3 is 5.97 Å². The lowest BCUT2D eigenvalue weighted by Crippen LogP contribution is -2.13. The maximum Gasteiger partial charge on any atom is 0.328 e. The van der Waals surface area contributed by atoms with Gasteiger partial charge < -0.3 is 10.4 Å². The van der Waals surface area contributed by atoms with Crippen LogP contribution >= 0.6 is 0 Å². The summed E-state index contributed by atoms with van der Waals surface area (Å²) in [5, 5.41) is 11.1. The summed E-state index contributed by atoms with van der Waals surface area (Å²) in [5.74, 6) is -1.75. The second kappa shape index (κ2) is 5.00. The molecule has 1 aromatic rings. The molecule has 2 N–H and O–H groups in total. The number of carbonyl (C=O) groups excluding carboxylic acids is 1. The molecule has 1 saturated carbocycles. The fourth-order valence-corrected chi connectivity index (χ4v) is 1.49. The van der Waals surface area contributed by atoms with Crippen molar-refractivity contribution in [3.63, 3.8) is 0 Å². The van der Waals surface area contributed by atoms with Gasteiger partial charge in [-0.2, -0.15) is 0 Å². The molecule has 1 fully saturated rings. The summed E-state index contributed by atoms with van der Waals surface area (Å²) in [4.78, 5) is 21.8. The van der Waals surface area contributed by atoms with Crippen molar-refractivity contribution in [1.82, 2.24) is 0 Å². The zero-order valence-electron chi connectivity index (χ0n) is 9.52. The van der Waals surface area contributed by atoms with E-state index < -0.39 is 11.8 Å². The van der Waals surface area contributed by atoms with Crippen molar-refractivity contribution in [2.24, 2.45) is 5.92 Å². The van der Waals surface area contributed by atoms with E-state index in [2.05, 4.69) is 5.32 Å². The second-order valence-electron chi connectivity index (χ2n) is 4.17. The normalized spacial score (nSPS) is 14.7. The molecule has 0 aromatic heterocycles. The molecule has 94 valence electrons. The predicted molar refractivity (Wildman–Crippen MR) is 64.4 cm³/mol. The highest BCUT2D eigenvalue weighted by Crippen LogP contribution is 2.30. The number of benzene rings is 1. The van der Waals surface area contributed by atoms with Crippen molar-refractivity contribution in [3.8, 4) is 0 Å². The topological polar surface area (TPSA) is 66.4 Å². The van der Waals surface area contributed by atoms with Gasteiger partial charge in [0.05, 0.1) is 0 Å². The van der Waals surface area contributed by atoms with Crippen LogP contribution in [0.1, 0.15) is 18.4 Å². The smallest absolute Gasteiger partial charge is 0.328 e. The van der Waals surface area contributed by atoms with Gasteiger partial charge in [-0.25, -0.2) is 9.18 Å². The Bertz CT molecular complexity index is 521. The molecule has 4 nitrogen and oxygen atoms in total. The fraction of sp³-hybridized carbons (Fsp3) is 0.231. The molecule has 0 radical (unpaired) electrons. The second-order valence-corrected chi connectivity index (χ2v) is 4.17. The molecule has 5 heteroatoms. The minimum absolute atomic E-state index is 0.0552. The number of carboxylic acid groups (broad SMARTS) is 1. The molecule has 2 rings (SSSR count). The lowest BCUT2D eigenvalue weighted by atomic mass is 10.1. The standard InChI is InChI=1S/C13H12FNO3/c14-11-7-10(15-13(18)9-1-2-9)5-3-8(11)4-6-12(16)17/h3-7,9H,1-2H2,(H,15,18)(H,16,17). The number of rotatable bonds is 4. The van der Waals surface area contributed by atoms with Gasteiger partial charge in [0.2, 0.25) is 5.91 Å². The van der Waals surface area contributed by atoms with E-state index in [0.717, 1.165) is 18.9 Å². The highest BCUT2D eigenvalue weighted by atomic mass is 19.1. The fourth-order valence-electron chi connectivity index (χ4n) is 1.49. The summed E-state index contributed by atoms with van der Waals surface area (Å²) < 4.78 is 13.6. The largest absolute Gasteiger partial charge is 0.478 e. The Balaban J connectivity index is 2.08. The summed E-state index contributed by atoms with van der Waals surface area (Å²) in [6.45, 7) is 0. The molecule has 0 aliphatic heterocycles. The van der Waals surface area contributed by atoms with Crippen LogP contribution in [0.2, 0.25) is 0 Å². The van der Waals surface area contributed by atoms with Crippen LogP contribution in [0.5, 0.6) is 0 Å². The Hall–Kier alpha value is -2.17. The van der Waals surface area contributed by atoms with Gasteiger partial charge in [0.25, 0.3) is 0 Å². The van der Waals surface area contributed by atoms with Crippen LogP contribution in [0.15, 0.2) is 24.3 Å². The molecule has 1 amide bonds. The third-order valence-corrected chi connectivity index (χ3v) is 2.62. The summed E-state index contributed by atoms with van der Waals surface area (Å²) in [5.41, 5.74) is 0.554. The van der Waals surface area contributed by atoms with Gasteiger partial charge in [0, 0.05) is 23.2 Å². The maximum absolute atomic E-state index is 13.6. The molecule has 0 spiro atoms. The van der Waals surface area contributed by atoms with Crippen LogP contribution in [0.3, 0.4) is 0 Å². The van der Waals surface area contributed by atoms with E-state index in [-0.39, 0.29) is 17.4 Å². The molecular formula is C13H12FNO3. The number of anilines is 1. The first-order valence-corrected chi connectivity index (χ1v) is 5.57. The molecule has 0 atom stereocenters.